The summed E-state index contributed by atoms with van der Waals surface area (Å²) in [6, 6.07) is 0.202. The molecule has 1 saturated heterocycles. The third kappa shape index (κ3) is 4.25. The predicted molar refractivity (Wildman–Crippen MR) is 75.3 cm³/mol. The van der Waals surface area contributed by atoms with Crippen LogP contribution in [-0.4, -0.2) is 43.0 Å². The van der Waals surface area contributed by atoms with Crippen LogP contribution in [0.5, 0.6) is 0 Å². The maximum atomic E-state index is 12.2. The molecule has 0 aromatic heterocycles. The molecule has 3 N–H and O–H groups in total. The molecule has 1 aliphatic rings. The molecule has 0 bridgehead atoms. The van der Waals surface area contributed by atoms with Crippen LogP contribution in [0.25, 0.3) is 0 Å². The van der Waals surface area contributed by atoms with Gasteiger partial charge in [0.15, 0.2) is 0 Å². The summed E-state index contributed by atoms with van der Waals surface area (Å²) in [5, 5.41) is 3.11. The van der Waals surface area contributed by atoms with Gasteiger partial charge >= 0.3 is 0 Å². The molecule has 2 atom stereocenters. The summed E-state index contributed by atoms with van der Waals surface area (Å²) < 4.78 is 0. The SMILES string of the molecule is CCC(C)(CN)C(=O)NC(C)CN1CCCCC1. The lowest BCUT2D eigenvalue weighted by atomic mass is 9.86. The van der Waals surface area contributed by atoms with E-state index in [1.165, 1.54) is 32.4 Å². The minimum atomic E-state index is -0.420. The van der Waals surface area contributed by atoms with Gasteiger partial charge < -0.3 is 16.0 Å². The molecule has 1 heterocycles. The average molecular weight is 255 g/mol. The lowest BCUT2D eigenvalue weighted by molar-refractivity contribution is -0.130. The summed E-state index contributed by atoms with van der Waals surface area (Å²) in [6.45, 7) is 9.74. The normalized spacial score (nSPS) is 22.2. The molecule has 1 amide bonds. The lowest BCUT2D eigenvalue weighted by Gasteiger charge is -2.32. The number of amides is 1. The minimum Gasteiger partial charge on any atom is -0.352 e. The molecule has 18 heavy (non-hydrogen) atoms. The largest absolute Gasteiger partial charge is 0.352 e. The Kier molecular flexibility index (Phi) is 6.09. The van der Waals surface area contributed by atoms with Crippen molar-refractivity contribution in [3.05, 3.63) is 0 Å². The van der Waals surface area contributed by atoms with E-state index in [9.17, 15) is 4.79 Å². The number of likely N-dealkylation sites (tertiary alicyclic amines) is 1. The van der Waals surface area contributed by atoms with Gasteiger partial charge in [-0.1, -0.05) is 13.3 Å². The molecule has 106 valence electrons. The first-order chi connectivity index (χ1) is 8.51. The monoisotopic (exact) mass is 255 g/mol. The van der Waals surface area contributed by atoms with Crippen LogP contribution < -0.4 is 11.1 Å². The standard InChI is InChI=1S/C14H29N3O/c1-4-14(3,11-15)13(18)16-12(2)10-17-8-6-5-7-9-17/h12H,4-11,15H2,1-3H3,(H,16,18). The van der Waals surface area contributed by atoms with Crippen molar-refractivity contribution in [2.24, 2.45) is 11.1 Å². The second kappa shape index (κ2) is 7.10. The van der Waals surface area contributed by atoms with Gasteiger partial charge in [-0.3, -0.25) is 4.79 Å². The van der Waals surface area contributed by atoms with Crippen LogP contribution in [0.3, 0.4) is 0 Å². The van der Waals surface area contributed by atoms with Crippen molar-refractivity contribution in [1.82, 2.24) is 10.2 Å². The molecule has 4 nitrogen and oxygen atoms in total. The highest BCUT2D eigenvalue weighted by Crippen LogP contribution is 2.19. The number of piperidine rings is 1. The molecular weight excluding hydrogens is 226 g/mol. The number of nitrogens with one attached hydrogen (secondary N) is 1. The second-order valence-corrected chi connectivity index (χ2v) is 5.85. The van der Waals surface area contributed by atoms with Crippen LogP contribution >= 0.6 is 0 Å². The number of nitrogens with zero attached hydrogens (tertiary/aromatic N) is 1. The van der Waals surface area contributed by atoms with Gasteiger partial charge in [0, 0.05) is 19.1 Å². The first kappa shape index (κ1) is 15.4. The molecule has 0 aromatic rings. The van der Waals surface area contributed by atoms with Crippen molar-refractivity contribution in [2.45, 2.75) is 52.5 Å². The smallest absolute Gasteiger partial charge is 0.227 e. The highest BCUT2D eigenvalue weighted by atomic mass is 16.2. The Labute approximate surface area is 111 Å². The van der Waals surface area contributed by atoms with E-state index >= 15 is 0 Å². The topological polar surface area (TPSA) is 58.4 Å². The van der Waals surface area contributed by atoms with Crippen LogP contribution in [0.1, 0.15) is 46.5 Å². The minimum absolute atomic E-state index is 0.0945. The van der Waals surface area contributed by atoms with Crippen molar-refractivity contribution in [3.8, 4) is 0 Å². The van der Waals surface area contributed by atoms with Crippen molar-refractivity contribution in [2.75, 3.05) is 26.2 Å². The summed E-state index contributed by atoms with van der Waals surface area (Å²) in [4.78, 5) is 14.6. The fourth-order valence-corrected chi connectivity index (χ4v) is 2.37. The van der Waals surface area contributed by atoms with Crippen molar-refractivity contribution in [3.63, 3.8) is 0 Å². The molecule has 4 heteroatoms. The van der Waals surface area contributed by atoms with Gasteiger partial charge in [-0.05, 0) is 46.2 Å². The maximum Gasteiger partial charge on any atom is 0.227 e. The van der Waals surface area contributed by atoms with E-state index < -0.39 is 5.41 Å². The lowest BCUT2D eigenvalue weighted by Crippen LogP contribution is -2.50. The molecule has 0 radical (unpaired) electrons. The zero-order chi connectivity index (χ0) is 13.6. The van der Waals surface area contributed by atoms with Crippen LogP contribution in [0, 0.1) is 5.41 Å². The Hall–Kier alpha value is -0.610. The molecule has 0 saturated carbocycles. The molecule has 2 unspecified atom stereocenters. The maximum absolute atomic E-state index is 12.2. The first-order valence-electron chi connectivity index (χ1n) is 7.25. The van der Waals surface area contributed by atoms with Gasteiger partial charge in [0.25, 0.3) is 0 Å². The van der Waals surface area contributed by atoms with Crippen LogP contribution in [0.15, 0.2) is 0 Å². The van der Waals surface area contributed by atoms with E-state index in [1.807, 2.05) is 13.8 Å². The number of hydrogen-bond acceptors (Lipinski definition) is 3. The number of carbonyl (C=O) groups is 1. The summed E-state index contributed by atoms with van der Waals surface area (Å²) in [5.74, 6) is 0.0945. The molecule has 0 spiro atoms. The van der Waals surface area contributed by atoms with Crippen molar-refractivity contribution in [1.29, 1.82) is 0 Å². The first-order valence-corrected chi connectivity index (χ1v) is 7.25. The summed E-state index contributed by atoms with van der Waals surface area (Å²) >= 11 is 0. The highest BCUT2D eigenvalue weighted by Gasteiger charge is 2.30. The number of rotatable bonds is 6. The Morgan fingerprint density at radius 3 is 2.50 bits per heavy atom. The molecule has 1 fully saturated rings. The second-order valence-electron chi connectivity index (χ2n) is 5.85. The summed E-state index contributed by atoms with van der Waals surface area (Å²) in [5.41, 5.74) is 5.29. The fourth-order valence-electron chi connectivity index (χ4n) is 2.37. The third-order valence-electron chi connectivity index (χ3n) is 4.14. The van der Waals surface area contributed by atoms with Gasteiger partial charge in [0.2, 0.25) is 5.91 Å². The van der Waals surface area contributed by atoms with Crippen molar-refractivity contribution < 1.29 is 4.79 Å². The average Bonchev–Trinajstić information content (AvgIpc) is 2.38. The molecular formula is C14H29N3O. The summed E-state index contributed by atoms with van der Waals surface area (Å²) in [6.07, 6.45) is 4.70. The van der Waals surface area contributed by atoms with Crippen LogP contribution in [0.2, 0.25) is 0 Å². The molecule has 0 aliphatic carbocycles. The zero-order valence-corrected chi connectivity index (χ0v) is 12.2. The van der Waals surface area contributed by atoms with E-state index in [4.69, 9.17) is 5.73 Å². The number of carbonyl (C=O) groups excluding carboxylic acids is 1. The molecule has 1 rings (SSSR count). The van der Waals surface area contributed by atoms with Crippen LogP contribution in [0.4, 0.5) is 0 Å². The fraction of sp³-hybridized carbons (Fsp3) is 0.929. The number of hydrogen-bond donors (Lipinski definition) is 2. The molecule has 0 aromatic carbocycles. The van der Waals surface area contributed by atoms with Gasteiger partial charge in [-0.25, -0.2) is 0 Å². The van der Waals surface area contributed by atoms with E-state index in [1.54, 1.807) is 0 Å². The van der Waals surface area contributed by atoms with Crippen molar-refractivity contribution >= 4 is 5.91 Å². The Morgan fingerprint density at radius 2 is 2.00 bits per heavy atom. The van der Waals surface area contributed by atoms with E-state index in [2.05, 4.69) is 17.1 Å². The quantitative estimate of drug-likeness (QED) is 0.753. The van der Waals surface area contributed by atoms with Crippen LogP contribution in [-0.2, 0) is 4.79 Å². The van der Waals surface area contributed by atoms with Gasteiger partial charge in [-0.2, -0.15) is 0 Å². The van der Waals surface area contributed by atoms with E-state index in [0.717, 1.165) is 13.0 Å². The predicted octanol–water partition coefficient (Wildman–Crippen LogP) is 1.35. The Bertz CT molecular complexity index is 258. The van der Waals surface area contributed by atoms with E-state index in [-0.39, 0.29) is 11.9 Å². The Morgan fingerprint density at radius 1 is 1.39 bits per heavy atom. The van der Waals surface area contributed by atoms with Gasteiger partial charge in [-0.15, -0.1) is 0 Å². The summed E-state index contributed by atoms with van der Waals surface area (Å²) in [7, 11) is 0. The number of nitrogens with two attached hydrogens (primary N) is 1. The van der Waals surface area contributed by atoms with Gasteiger partial charge in [0.1, 0.15) is 0 Å². The van der Waals surface area contributed by atoms with E-state index in [0.29, 0.717) is 6.54 Å². The third-order valence-corrected chi connectivity index (χ3v) is 4.14. The molecule has 1 aliphatic heterocycles. The Balaban J connectivity index is 2.38. The van der Waals surface area contributed by atoms with Gasteiger partial charge in [0.05, 0.1) is 5.41 Å². The highest BCUT2D eigenvalue weighted by molar-refractivity contribution is 5.82. The zero-order valence-electron chi connectivity index (χ0n) is 12.2.